The van der Waals surface area contributed by atoms with Crippen molar-refractivity contribution in [1.29, 1.82) is 0 Å². The molecular weight excluding hydrogens is 1800 g/mol. The van der Waals surface area contributed by atoms with Crippen molar-refractivity contribution in [2.75, 3.05) is 53.9 Å². The van der Waals surface area contributed by atoms with E-state index in [9.17, 15) is 82.8 Å². The zero-order valence-electron chi connectivity index (χ0n) is 79.2. The second-order valence-corrected chi connectivity index (χ2v) is 36.2. The van der Waals surface area contributed by atoms with Gasteiger partial charge >= 0.3 is 11.9 Å². The van der Waals surface area contributed by atoms with Crippen LogP contribution in [0.4, 0.5) is 0 Å². The lowest BCUT2D eigenvalue weighted by atomic mass is 9.99. The highest BCUT2D eigenvalue weighted by atomic mass is 16.4. The Balaban J connectivity index is 1.23. The molecule has 3 saturated heterocycles. The number of carboxylic acid groups (broad SMARTS) is 2. The minimum atomic E-state index is -2.02. The van der Waals surface area contributed by atoms with Crippen LogP contribution in [0.1, 0.15) is 161 Å². The van der Waals surface area contributed by atoms with Gasteiger partial charge in [0.05, 0.1) is 32.0 Å². The van der Waals surface area contributed by atoms with Crippen molar-refractivity contribution in [2.45, 2.75) is 261 Å². The fourth-order valence-corrected chi connectivity index (χ4v) is 17.2. The van der Waals surface area contributed by atoms with E-state index in [2.05, 4.69) is 63.5 Å². The number of benzene rings is 3. The van der Waals surface area contributed by atoms with Crippen molar-refractivity contribution >= 4 is 140 Å². The Hall–Kier alpha value is -14.1. The van der Waals surface area contributed by atoms with Crippen molar-refractivity contribution in [3.63, 3.8) is 0 Å². The van der Waals surface area contributed by atoms with Gasteiger partial charge in [-0.25, -0.2) is 0 Å². The highest BCUT2D eigenvalue weighted by Crippen LogP contribution is 2.29. The van der Waals surface area contributed by atoms with Gasteiger partial charge in [0.2, 0.25) is 106 Å². The van der Waals surface area contributed by atoms with E-state index in [4.69, 9.17) is 17.2 Å². The van der Waals surface area contributed by atoms with Crippen molar-refractivity contribution in [2.24, 2.45) is 29.0 Å². The van der Waals surface area contributed by atoms with Crippen LogP contribution in [0.5, 0.6) is 5.75 Å². The molecule has 3 fully saturated rings. The quantitative estimate of drug-likeness (QED) is 0.0238. The highest BCUT2D eigenvalue weighted by molar-refractivity contribution is 6.03. The predicted molar refractivity (Wildman–Crippen MR) is 498 cm³/mol. The third-order valence-corrected chi connectivity index (χ3v) is 24.6. The first kappa shape index (κ1) is 109. The van der Waals surface area contributed by atoms with Crippen molar-refractivity contribution in [3.8, 4) is 5.75 Å². The van der Waals surface area contributed by atoms with Gasteiger partial charge in [-0.2, -0.15) is 0 Å². The fraction of sp³-hybridized carbons (Fsp3) is 0.548. The maximum atomic E-state index is 16.0. The summed E-state index contributed by atoms with van der Waals surface area (Å²) in [5, 5.41) is 71.5. The molecule has 3 aromatic carbocycles. The third-order valence-electron chi connectivity index (χ3n) is 24.6. The molecule has 0 spiro atoms. The lowest BCUT2D eigenvalue weighted by Crippen LogP contribution is -2.61. The number of nitrogens with one attached hydrogen (secondary N) is 12. The molecule has 752 valence electrons. The number of carbonyl (C=O) groups excluding carboxylic acids is 18. The summed E-state index contributed by atoms with van der Waals surface area (Å²) in [6.45, 7) is 8.21. The molecule has 3 aliphatic rings. The number of aromatic nitrogens is 2. The number of phenols is 1. The first-order valence-corrected chi connectivity index (χ1v) is 46.3. The summed E-state index contributed by atoms with van der Waals surface area (Å²) in [4.78, 5) is 297. The molecular formula is C93H131N21O24. The molecule has 0 aliphatic carbocycles. The summed E-state index contributed by atoms with van der Waals surface area (Å²) in [7, 11) is 3.75. The van der Waals surface area contributed by atoms with E-state index in [0.29, 0.717) is 52.2 Å². The molecule has 2 aromatic heterocycles. The number of rotatable bonds is 28. The average molecular weight is 1930 g/mol. The molecule has 0 saturated carbocycles. The van der Waals surface area contributed by atoms with Crippen LogP contribution in [0.2, 0.25) is 0 Å². The second-order valence-electron chi connectivity index (χ2n) is 36.2. The number of phenolic OH excluding ortho intramolecular Hbond substituents is 1. The van der Waals surface area contributed by atoms with Crippen LogP contribution in [-0.2, 0) is 122 Å². The number of carbonyl (C=O) groups is 20. The van der Waals surface area contributed by atoms with Crippen molar-refractivity contribution < 1.29 is 116 Å². The maximum Gasteiger partial charge on any atom is 0.323 e. The van der Waals surface area contributed by atoms with Crippen molar-refractivity contribution in [1.82, 2.24) is 92.5 Å². The maximum absolute atomic E-state index is 16.0. The summed E-state index contributed by atoms with van der Waals surface area (Å²) >= 11 is 0. The molecule has 0 radical (unpaired) electrons. The number of aromatic amines is 1. The van der Waals surface area contributed by atoms with E-state index < -0.39 is 293 Å². The molecule has 5 aromatic rings. The number of hydrogen-bond acceptors (Lipinski definition) is 23. The first-order chi connectivity index (χ1) is 65.3. The largest absolute Gasteiger partial charge is 0.508 e. The number of H-pyrrole nitrogens is 1. The standard InChI is InChI=1S/C93H131N21O24/c1-11-13-23-70-86(131)103-61(34-49(3)4)83(128)108-68(81(126)99-44-76(96)119)43-97-45-77(120)100-65(36-52-27-29-55(115)30-28-52)89(134)109(8)51(7)80(125)105-67(41-78(121)122)91(136)113-33-19-26-71(113)87(132)101-60(31-32-74(94)117)82(127)106-64(35-50(5)6)92(137)114-47-56(116)39-73(114)88(133)104-62(37-53-42-98-59-22-17-15-20-57(53)59)84(129)102-63(40-75(95)118)85(130)107-66(90(135)111(10)72(24-14-12-2)93(138)110(70)9)38-54-46-112(48-79(123)124)69-25-18-16-21-58(54)69/h15-18,20-22,25,27-30,42,46,49-51,56,60-68,70-73,97-98,115-116H,11-14,19,23-24,26,31-41,43-45,47-48H2,1-10H3,(H2,94,117)(H2,95,118)(H2,96,119)(H,99,126)(H,100,120)(H,101,132)(H,102,129)(H,103,131)(H,104,133)(H,105,125)(H,106,127)(H,107,130)(H,108,128)(H,121,122)(H,123,124)/t51-,56+,60-,61-,62-,63-,64-,65-,66-,67-,68-,70-,71-,72-,73-/m0/s1. The zero-order valence-corrected chi connectivity index (χ0v) is 79.2. The van der Waals surface area contributed by atoms with Gasteiger partial charge in [-0.3, -0.25) is 95.9 Å². The van der Waals surface area contributed by atoms with Gasteiger partial charge in [0.25, 0.3) is 0 Å². The van der Waals surface area contributed by atoms with Gasteiger partial charge in [-0.05, 0) is 105 Å². The number of hydrogen-bond donors (Lipinski definition) is 19. The van der Waals surface area contributed by atoms with Crippen LogP contribution in [0.3, 0.4) is 0 Å². The Morgan fingerprint density at radius 3 is 1.69 bits per heavy atom. The van der Waals surface area contributed by atoms with Gasteiger partial charge in [-0.15, -0.1) is 0 Å². The predicted octanol–water partition coefficient (Wildman–Crippen LogP) is -2.95. The highest BCUT2D eigenvalue weighted by Gasteiger charge is 2.47. The van der Waals surface area contributed by atoms with Gasteiger partial charge in [0.1, 0.15) is 96.9 Å². The number of para-hydroxylation sites is 2. The number of aliphatic hydroxyl groups is 1. The molecule has 0 unspecified atom stereocenters. The van der Waals surface area contributed by atoms with E-state index in [1.165, 1.54) is 56.0 Å². The van der Waals surface area contributed by atoms with E-state index in [-0.39, 0.29) is 75.1 Å². The smallest absolute Gasteiger partial charge is 0.323 e. The van der Waals surface area contributed by atoms with E-state index in [0.717, 1.165) is 31.5 Å². The number of amides is 18. The third kappa shape index (κ3) is 30.7. The normalized spacial score (nSPS) is 24.5. The topological polar surface area (TPSA) is 670 Å². The molecule has 0 bridgehead atoms. The summed E-state index contributed by atoms with van der Waals surface area (Å²) in [6.07, 6.45) is -2.26. The number of aliphatic carboxylic acids is 2. The fourth-order valence-electron chi connectivity index (χ4n) is 17.2. The first-order valence-electron chi connectivity index (χ1n) is 46.3. The number of nitrogens with two attached hydrogens (primary N) is 3. The Bertz CT molecular complexity index is 5270. The Morgan fingerprint density at radius 1 is 0.507 bits per heavy atom. The lowest BCUT2D eigenvalue weighted by molar-refractivity contribution is -0.149. The molecule has 22 N–H and O–H groups in total. The minimum Gasteiger partial charge on any atom is -0.508 e. The van der Waals surface area contributed by atoms with Crippen molar-refractivity contribution in [3.05, 3.63) is 102 Å². The SMILES string of the molecule is CCCC[C@H]1C(=O)N(C)[C@@H](CCCC)C(=O)N[C@@H](CC(C)C)C(=O)N[C@H](C(=O)NCC(N)=O)CNCC(=O)N[C@@H](Cc2ccc(O)cc2)C(=O)N(C)[C@@H](C)C(=O)N[C@@H](CC(=O)O)C(=O)N2CCC[C@H]2C(=O)N[C@@H](CCC(N)=O)C(=O)N[C@@H](CC(C)C)C(=O)N2C[C@H](O)C[C@H]2C(=O)N[C@@H](Cc2c[nH]c3ccccc23)C(=O)N[C@@H](CC(N)=O)C(=O)N[C@@H](Cc2cn(CC(=O)O)c3ccccc23)C(=O)N1C. The van der Waals surface area contributed by atoms with Crippen LogP contribution in [0.15, 0.2) is 85.2 Å². The zero-order chi connectivity index (χ0) is 102. The molecule has 45 heteroatoms. The Kier molecular flexibility index (Phi) is 40.5. The average Bonchev–Trinajstić information content (AvgIpc) is 1.63. The Labute approximate surface area is 797 Å². The molecule has 45 nitrogen and oxygen atoms in total. The van der Waals surface area contributed by atoms with Crippen LogP contribution in [0, 0.1) is 11.8 Å². The summed E-state index contributed by atoms with van der Waals surface area (Å²) < 4.78 is 1.39. The number of carboxylic acids is 2. The minimum absolute atomic E-state index is 0.0442. The van der Waals surface area contributed by atoms with Crippen LogP contribution in [0.25, 0.3) is 21.8 Å². The number of unbranched alkanes of at least 4 members (excludes halogenated alkanes) is 2. The van der Waals surface area contributed by atoms with Gasteiger partial charge in [-0.1, -0.05) is 116 Å². The number of likely N-dealkylation sites (N-methyl/N-ethyl adjacent to an activating group) is 3. The number of aromatic hydroxyl groups is 1. The number of aliphatic hydroxyl groups excluding tert-OH is 1. The van der Waals surface area contributed by atoms with Crippen LogP contribution in [-0.4, -0.2) is 317 Å². The number of primary amides is 3. The van der Waals surface area contributed by atoms with E-state index >= 15 is 33.6 Å². The molecule has 8 rings (SSSR count). The van der Waals surface area contributed by atoms with Gasteiger partial charge in [0, 0.05) is 107 Å². The molecule has 5 heterocycles. The van der Waals surface area contributed by atoms with Crippen LogP contribution < -0.4 is 75.7 Å². The molecule has 3 aliphatic heterocycles. The van der Waals surface area contributed by atoms with Gasteiger partial charge in [0.15, 0.2) is 0 Å². The summed E-state index contributed by atoms with van der Waals surface area (Å²) in [5.74, 6) is -22.3. The van der Waals surface area contributed by atoms with E-state index in [1.807, 2.05) is 6.92 Å². The summed E-state index contributed by atoms with van der Waals surface area (Å²) in [5.41, 5.74) is 18.9. The van der Waals surface area contributed by atoms with Crippen LogP contribution >= 0.6 is 0 Å². The monoisotopic (exact) mass is 1930 g/mol. The number of fused-ring (bicyclic) bond motifs is 4. The summed E-state index contributed by atoms with van der Waals surface area (Å²) in [6, 6.07) is -4.48. The second kappa shape index (κ2) is 51.2. The van der Waals surface area contributed by atoms with E-state index in [1.54, 1.807) is 89.3 Å². The molecule has 18 amide bonds. The molecule has 138 heavy (non-hydrogen) atoms. The Morgan fingerprint density at radius 2 is 1.05 bits per heavy atom. The van der Waals surface area contributed by atoms with Gasteiger partial charge < -0.3 is 130 Å². The lowest BCUT2D eigenvalue weighted by Gasteiger charge is -2.36. The molecule has 15 atom stereocenters. The number of nitrogens with zero attached hydrogens (tertiary/aromatic N) is 6.